The van der Waals surface area contributed by atoms with Crippen molar-refractivity contribution in [2.24, 2.45) is 0 Å². The Kier molecular flexibility index (Phi) is 11.5. The molecule has 90 valence electrons. The summed E-state index contributed by atoms with van der Waals surface area (Å²) in [5, 5.41) is 0. The van der Waals surface area contributed by atoms with Crippen LogP contribution in [0.25, 0.3) is 0 Å². The highest BCUT2D eigenvalue weighted by atomic mass is 127. The molecule has 0 amide bonds. The SMILES string of the molecule is CCCCCCCC(I)OC(=O)CCS. The lowest BCUT2D eigenvalue weighted by Gasteiger charge is -2.10. The lowest BCUT2D eigenvalue weighted by atomic mass is 10.1. The minimum atomic E-state index is -0.127. The molecule has 15 heavy (non-hydrogen) atoms. The number of thiol groups is 1. The number of hydrogen-bond acceptors (Lipinski definition) is 3. The van der Waals surface area contributed by atoms with Crippen LogP contribution in [0, 0.1) is 0 Å². The molecule has 0 spiro atoms. The minimum Gasteiger partial charge on any atom is -0.452 e. The van der Waals surface area contributed by atoms with Crippen molar-refractivity contribution in [3.05, 3.63) is 0 Å². The summed E-state index contributed by atoms with van der Waals surface area (Å²) in [6, 6.07) is 0. The molecular formula is C11H21IO2S. The van der Waals surface area contributed by atoms with Crippen LogP contribution < -0.4 is 0 Å². The van der Waals surface area contributed by atoms with Crippen molar-refractivity contribution in [3.63, 3.8) is 0 Å². The number of alkyl halides is 1. The van der Waals surface area contributed by atoms with Gasteiger partial charge in [0, 0.05) is 5.75 Å². The van der Waals surface area contributed by atoms with Crippen LogP contribution in [0.4, 0.5) is 0 Å². The van der Waals surface area contributed by atoms with E-state index in [9.17, 15) is 4.79 Å². The normalized spacial score (nSPS) is 12.5. The van der Waals surface area contributed by atoms with E-state index in [-0.39, 0.29) is 10.1 Å². The Morgan fingerprint density at radius 3 is 2.60 bits per heavy atom. The number of halogens is 1. The molecule has 4 heteroatoms. The maximum Gasteiger partial charge on any atom is 0.307 e. The number of ether oxygens (including phenoxy) is 1. The first-order valence-electron chi connectivity index (χ1n) is 5.65. The van der Waals surface area contributed by atoms with E-state index in [0.717, 1.165) is 12.8 Å². The Bertz CT molecular complexity index is 165. The van der Waals surface area contributed by atoms with Gasteiger partial charge >= 0.3 is 5.97 Å². The number of rotatable bonds is 9. The fraction of sp³-hybridized carbons (Fsp3) is 0.909. The summed E-state index contributed by atoms with van der Waals surface area (Å²) >= 11 is 6.18. The van der Waals surface area contributed by atoms with Gasteiger partial charge in [-0.25, -0.2) is 0 Å². The molecule has 0 aliphatic carbocycles. The monoisotopic (exact) mass is 344 g/mol. The minimum absolute atomic E-state index is 0.0385. The van der Waals surface area contributed by atoms with Crippen molar-refractivity contribution in [2.75, 3.05) is 5.75 Å². The molecule has 0 aromatic heterocycles. The summed E-state index contributed by atoms with van der Waals surface area (Å²) in [6.07, 6.45) is 7.67. The standard InChI is InChI=1S/C11H21IO2S/c1-2-3-4-5-6-7-10(12)14-11(13)8-9-15/h10,15H,2-9H2,1H3. The quantitative estimate of drug-likeness (QED) is 0.225. The fourth-order valence-electron chi connectivity index (χ4n) is 1.26. The average molecular weight is 344 g/mol. The van der Waals surface area contributed by atoms with Crippen LogP contribution in [0.15, 0.2) is 0 Å². The smallest absolute Gasteiger partial charge is 0.307 e. The molecule has 0 rings (SSSR count). The summed E-state index contributed by atoms with van der Waals surface area (Å²) in [4.78, 5) is 11.1. The zero-order valence-electron chi connectivity index (χ0n) is 9.38. The second-order valence-electron chi connectivity index (χ2n) is 3.58. The third kappa shape index (κ3) is 10.8. The average Bonchev–Trinajstić information content (AvgIpc) is 2.17. The molecule has 2 nitrogen and oxygen atoms in total. The molecule has 0 aliphatic rings. The summed E-state index contributed by atoms with van der Waals surface area (Å²) in [5.74, 6) is 0.441. The Balaban J connectivity index is 3.32. The third-order valence-electron chi connectivity index (χ3n) is 2.11. The Hall–Kier alpha value is 0.550. The lowest BCUT2D eigenvalue weighted by Crippen LogP contribution is -2.12. The number of esters is 1. The molecular weight excluding hydrogens is 323 g/mol. The van der Waals surface area contributed by atoms with Gasteiger partial charge in [-0.2, -0.15) is 12.6 Å². The first kappa shape index (κ1) is 15.6. The van der Waals surface area contributed by atoms with Crippen molar-refractivity contribution < 1.29 is 9.53 Å². The number of carbonyl (C=O) groups excluding carboxylic acids is 1. The van der Waals surface area contributed by atoms with Crippen LogP contribution in [0.3, 0.4) is 0 Å². The topological polar surface area (TPSA) is 26.3 Å². The summed E-state index contributed by atoms with van der Waals surface area (Å²) in [7, 11) is 0. The third-order valence-corrected chi connectivity index (χ3v) is 3.21. The Morgan fingerprint density at radius 2 is 2.00 bits per heavy atom. The maximum atomic E-state index is 11.1. The molecule has 0 saturated heterocycles. The van der Waals surface area contributed by atoms with Gasteiger partial charge in [0.1, 0.15) is 0 Å². The number of hydrogen-bond donors (Lipinski definition) is 1. The van der Waals surface area contributed by atoms with Gasteiger partial charge < -0.3 is 4.74 Å². The van der Waals surface area contributed by atoms with Crippen LogP contribution in [0.2, 0.25) is 0 Å². The lowest BCUT2D eigenvalue weighted by molar-refractivity contribution is -0.144. The van der Waals surface area contributed by atoms with E-state index in [1.165, 1.54) is 25.7 Å². The van der Waals surface area contributed by atoms with Gasteiger partial charge in [-0.15, -0.1) is 0 Å². The molecule has 0 heterocycles. The van der Waals surface area contributed by atoms with Gasteiger partial charge in [0.2, 0.25) is 0 Å². The maximum absolute atomic E-state index is 11.1. The van der Waals surface area contributed by atoms with Crippen LogP contribution in [0.1, 0.15) is 51.9 Å². The number of carbonyl (C=O) groups is 1. The van der Waals surface area contributed by atoms with E-state index in [2.05, 4.69) is 42.1 Å². The van der Waals surface area contributed by atoms with Crippen LogP contribution in [-0.2, 0) is 9.53 Å². The van der Waals surface area contributed by atoms with E-state index >= 15 is 0 Å². The zero-order chi connectivity index (χ0) is 11.5. The zero-order valence-corrected chi connectivity index (χ0v) is 12.4. The van der Waals surface area contributed by atoms with Crippen molar-refractivity contribution in [1.82, 2.24) is 0 Å². The Morgan fingerprint density at radius 1 is 1.33 bits per heavy atom. The van der Waals surface area contributed by atoms with Crippen LogP contribution >= 0.6 is 35.2 Å². The van der Waals surface area contributed by atoms with E-state index in [1.807, 2.05) is 0 Å². The molecule has 0 bridgehead atoms. The van der Waals surface area contributed by atoms with Gasteiger partial charge in [0.15, 0.2) is 4.11 Å². The predicted molar refractivity (Wildman–Crippen MR) is 75.7 cm³/mol. The van der Waals surface area contributed by atoms with E-state index in [1.54, 1.807) is 0 Å². The molecule has 0 fully saturated rings. The van der Waals surface area contributed by atoms with Crippen LogP contribution in [0.5, 0.6) is 0 Å². The summed E-state index contributed by atoms with van der Waals surface area (Å²) in [5.41, 5.74) is 0. The Labute approximate surface area is 112 Å². The van der Waals surface area contributed by atoms with Crippen molar-refractivity contribution in [2.45, 2.75) is 56.0 Å². The summed E-state index contributed by atoms with van der Waals surface area (Å²) < 4.78 is 5.23. The highest BCUT2D eigenvalue weighted by molar-refractivity contribution is 14.1. The first-order chi connectivity index (χ1) is 7.20. The van der Waals surface area contributed by atoms with Gasteiger partial charge in [-0.3, -0.25) is 4.79 Å². The first-order valence-corrected chi connectivity index (χ1v) is 7.53. The van der Waals surface area contributed by atoms with Gasteiger partial charge in [-0.1, -0.05) is 32.6 Å². The van der Waals surface area contributed by atoms with E-state index in [4.69, 9.17) is 4.74 Å². The van der Waals surface area contributed by atoms with Gasteiger partial charge in [-0.05, 0) is 35.4 Å². The molecule has 0 aromatic carbocycles. The molecule has 0 aliphatic heterocycles. The van der Waals surface area contributed by atoms with Gasteiger partial charge in [0.05, 0.1) is 6.42 Å². The van der Waals surface area contributed by atoms with Crippen molar-refractivity contribution >= 4 is 41.2 Å². The molecule has 0 radical (unpaired) electrons. The summed E-state index contributed by atoms with van der Waals surface area (Å²) in [6.45, 7) is 2.21. The van der Waals surface area contributed by atoms with E-state index < -0.39 is 0 Å². The number of unbranched alkanes of at least 4 members (excludes halogenated alkanes) is 4. The van der Waals surface area contributed by atoms with Crippen molar-refractivity contribution in [3.8, 4) is 0 Å². The molecule has 1 atom stereocenters. The second-order valence-corrected chi connectivity index (χ2v) is 5.41. The highest BCUT2D eigenvalue weighted by Crippen LogP contribution is 2.15. The predicted octanol–water partition coefficient (Wildman–Crippen LogP) is 3.97. The molecule has 0 saturated carbocycles. The molecule has 1 unspecified atom stereocenters. The molecule has 0 aromatic rings. The van der Waals surface area contributed by atoms with Crippen molar-refractivity contribution in [1.29, 1.82) is 0 Å². The highest BCUT2D eigenvalue weighted by Gasteiger charge is 2.09. The fourth-order valence-corrected chi connectivity index (χ4v) is 2.17. The van der Waals surface area contributed by atoms with Crippen LogP contribution in [-0.4, -0.2) is 15.8 Å². The van der Waals surface area contributed by atoms with E-state index in [0.29, 0.717) is 12.2 Å². The largest absolute Gasteiger partial charge is 0.452 e. The molecule has 0 N–H and O–H groups in total. The second kappa shape index (κ2) is 11.0. The van der Waals surface area contributed by atoms with Gasteiger partial charge in [0.25, 0.3) is 0 Å².